The Hall–Kier alpha value is -0.770. The largest absolute Gasteiger partial charge is 0.441 e. The van der Waals surface area contributed by atoms with Gasteiger partial charge in [-0.05, 0) is 19.3 Å². The number of nitrogens with one attached hydrogen (secondary N) is 1. The average Bonchev–Trinajstić information content (AvgIpc) is 1.82. The first-order valence-electron chi connectivity index (χ1n) is 3.91. The third-order valence-electron chi connectivity index (χ3n) is 2.38. The summed E-state index contributed by atoms with van der Waals surface area (Å²) in [5.74, 6) is 0. The number of hydrazine groups is 1. The van der Waals surface area contributed by atoms with Crippen LogP contribution in [0.5, 0.6) is 0 Å². The van der Waals surface area contributed by atoms with Crippen molar-refractivity contribution in [3.05, 3.63) is 0 Å². The quantitative estimate of drug-likeness (QED) is 0.555. The third-order valence-corrected chi connectivity index (χ3v) is 2.38. The molecule has 0 unspecified atom stereocenters. The highest BCUT2D eigenvalue weighted by Gasteiger charge is 2.44. The molecule has 1 heterocycles. The Morgan fingerprint density at radius 2 is 2.36 bits per heavy atom. The zero-order valence-electron chi connectivity index (χ0n) is 6.59. The molecule has 2 rings (SSSR count). The number of hydrogen-bond acceptors (Lipinski definition) is 3. The van der Waals surface area contributed by atoms with Crippen LogP contribution < -0.4 is 5.43 Å². The number of amides is 1. The van der Waals surface area contributed by atoms with Crippen molar-refractivity contribution in [3.63, 3.8) is 0 Å². The van der Waals surface area contributed by atoms with Gasteiger partial charge in [-0.1, -0.05) is 0 Å². The van der Waals surface area contributed by atoms with E-state index in [0.717, 1.165) is 19.4 Å². The van der Waals surface area contributed by atoms with Crippen molar-refractivity contribution in [1.82, 2.24) is 10.4 Å². The molecular formula is C7H12N2O2. The molecular weight excluding hydrogens is 144 g/mol. The minimum absolute atomic E-state index is 0.142. The zero-order valence-corrected chi connectivity index (χ0v) is 6.59. The summed E-state index contributed by atoms with van der Waals surface area (Å²) in [5, 5.41) is 1.80. The Labute approximate surface area is 65.5 Å². The predicted octanol–water partition coefficient (Wildman–Crippen LogP) is 0.496. The number of nitrogens with zero attached hydrogens (tertiary/aromatic N) is 1. The van der Waals surface area contributed by atoms with Crippen LogP contribution in [-0.2, 0) is 4.74 Å². The normalized spacial score (nSPS) is 29.0. The average molecular weight is 156 g/mol. The fraction of sp³-hybridized carbons (Fsp3) is 0.857. The summed E-state index contributed by atoms with van der Waals surface area (Å²) in [6.07, 6.45) is 2.91. The van der Waals surface area contributed by atoms with Gasteiger partial charge in [-0.2, -0.15) is 0 Å². The molecule has 4 heteroatoms. The topological polar surface area (TPSA) is 41.6 Å². The van der Waals surface area contributed by atoms with Crippen molar-refractivity contribution in [2.24, 2.45) is 0 Å². The van der Waals surface area contributed by atoms with E-state index in [9.17, 15) is 4.79 Å². The van der Waals surface area contributed by atoms with Crippen LogP contribution in [0.3, 0.4) is 0 Å². The number of likely N-dealkylation sites (N-methyl/N-ethyl adjacent to an activating group) is 1. The maximum Gasteiger partial charge on any atom is 0.422 e. The minimum Gasteiger partial charge on any atom is -0.441 e. The molecule has 1 spiro atoms. The lowest BCUT2D eigenvalue weighted by Gasteiger charge is -2.46. The van der Waals surface area contributed by atoms with E-state index in [4.69, 9.17) is 4.74 Å². The molecule has 1 saturated carbocycles. The highest BCUT2D eigenvalue weighted by Crippen LogP contribution is 2.37. The zero-order chi connectivity index (χ0) is 7.90. The van der Waals surface area contributed by atoms with Gasteiger partial charge in [0.1, 0.15) is 5.60 Å². The van der Waals surface area contributed by atoms with Crippen LogP contribution in [0.1, 0.15) is 19.3 Å². The molecule has 0 radical (unpaired) electrons. The Bertz CT molecular complexity index is 189. The minimum atomic E-state index is -0.307. The summed E-state index contributed by atoms with van der Waals surface area (Å²) >= 11 is 0. The predicted molar refractivity (Wildman–Crippen MR) is 38.8 cm³/mol. The fourth-order valence-electron chi connectivity index (χ4n) is 1.71. The molecule has 0 aromatic carbocycles. The van der Waals surface area contributed by atoms with E-state index >= 15 is 0 Å². The molecule has 11 heavy (non-hydrogen) atoms. The highest BCUT2D eigenvalue weighted by atomic mass is 16.6. The van der Waals surface area contributed by atoms with E-state index < -0.39 is 0 Å². The standard InChI is InChI=1S/C7H12N2O2/c1-9-5-7(3-2-4-7)11-6(10)8-9/h2-5H2,1H3,(H,8,10). The second-order valence-corrected chi connectivity index (χ2v) is 3.39. The van der Waals surface area contributed by atoms with Gasteiger partial charge in [0.25, 0.3) is 0 Å². The van der Waals surface area contributed by atoms with E-state index in [2.05, 4.69) is 5.43 Å². The summed E-state index contributed by atoms with van der Waals surface area (Å²) in [7, 11) is 1.86. The van der Waals surface area contributed by atoms with Crippen molar-refractivity contribution in [2.45, 2.75) is 24.9 Å². The lowest BCUT2D eigenvalue weighted by molar-refractivity contribution is -0.104. The number of carbonyl (C=O) groups is 1. The van der Waals surface area contributed by atoms with Gasteiger partial charge in [-0.15, -0.1) is 0 Å². The van der Waals surface area contributed by atoms with Crippen molar-refractivity contribution in [1.29, 1.82) is 0 Å². The van der Waals surface area contributed by atoms with Gasteiger partial charge in [0.2, 0.25) is 0 Å². The lowest BCUT2D eigenvalue weighted by Crippen LogP contribution is -2.61. The Kier molecular flexibility index (Phi) is 1.32. The van der Waals surface area contributed by atoms with E-state index in [1.807, 2.05) is 7.05 Å². The van der Waals surface area contributed by atoms with Gasteiger partial charge in [0.15, 0.2) is 0 Å². The van der Waals surface area contributed by atoms with Gasteiger partial charge < -0.3 is 4.74 Å². The van der Waals surface area contributed by atoms with Crippen molar-refractivity contribution in [3.8, 4) is 0 Å². The van der Waals surface area contributed by atoms with E-state index in [1.54, 1.807) is 5.01 Å². The number of ether oxygens (including phenoxy) is 1. The monoisotopic (exact) mass is 156 g/mol. The third kappa shape index (κ3) is 1.07. The molecule has 2 aliphatic rings. The van der Waals surface area contributed by atoms with E-state index in [0.29, 0.717) is 0 Å². The van der Waals surface area contributed by atoms with Crippen LogP contribution in [0.4, 0.5) is 4.79 Å². The number of carbonyl (C=O) groups excluding carboxylic acids is 1. The molecule has 0 atom stereocenters. The van der Waals surface area contributed by atoms with Crippen molar-refractivity contribution < 1.29 is 9.53 Å². The number of rotatable bonds is 0. The number of hydrogen-bond donors (Lipinski definition) is 1. The molecule has 0 bridgehead atoms. The summed E-state index contributed by atoms with van der Waals surface area (Å²) < 4.78 is 5.19. The second-order valence-electron chi connectivity index (χ2n) is 3.39. The Morgan fingerprint density at radius 3 is 2.82 bits per heavy atom. The molecule has 1 saturated heterocycles. The van der Waals surface area contributed by atoms with Gasteiger partial charge in [-0.25, -0.2) is 9.80 Å². The van der Waals surface area contributed by atoms with Crippen LogP contribution in [-0.4, -0.2) is 30.3 Å². The van der Waals surface area contributed by atoms with Crippen LogP contribution in [0, 0.1) is 0 Å². The lowest BCUT2D eigenvalue weighted by atomic mass is 9.79. The van der Waals surface area contributed by atoms with Gasteiger partial charge >= 0.3 is 6.09 Å². The summed E-state index contributed by atoms with van der Waals surface area (Å²) in [5.41, 5.74) is 2.43. The van der Waals surface area contributed by atoms with Crippen LogP contribution in [0.2, 0.25) is 0 Å². The van der Waals surface area contributed by atoms with Gasteiger partial charge in [0.05, 0.1) is 6.54 Å². The van der Waals surface area contributed by atoms with Crippen molar-refractivity contribution in [2.75, 3.05) is 13.6 Å². The fourth-order valence-corrected chi connectivity index (χ4v) is 1.71. The molecule has 1 aliphatic carbocycles. The maximum absolute atomic E-state index is 10.9. The Balaban J connectivity index is 2.06. The molecule has 1 amide bonds. The molecule has 62 valence electrons. The SMILES string of the molecule is CN1CC2(CCC2)OC(=O)N1. The summed E-state index contributed by atoms with van der Waals surface area (Å²) in [6.45, 7) is 0.818. The molecule has 2 fully saturated rings. The molecule has 1 aliphatic heterocycles. The van der Waals surface area contributed by atoms with E-state index in [-0.39, 0.29) is 11.7 Å². The van der Waals surface area contributed by atoms with Gasteiger partial charge in [0, 0.05) is 7.05 Å². The first-order chi connectivity index (χ1) is 5.20. The van der Waals surface area contributed by atoms with Crippen LogP contribution in [0.15, 0.2) is 0 Å². The van der Waals surface area contributed by atoms with Crippen LogP contribution in [0.25, 0.3) is 0 Å². The molecule has 1 N–H and O–H groups in total. The maximum atomic E-state index is 10.9. The molecule has 0 aromatic rings. The first kappa shape index (κ1) is 6.91. The first-order valence-corrected chi connectivity index (χ1v) is 3.91. The van der Waals surface area contributed by atoms with E-state index in [1.165, 1.54) is 6.42 Å². The smallest absolute Gasteiger partial charge is 0.422 e. The second kappa shape index (κ2) is 2.11. The van der Waals surface area contributed by atoms with Crippen LogP contribution >= 0.6 is 0 Å². The Morgan fingerprint density at radius 1 is 1.64 bits per heavy atom. The summed E-state index contributed by atoms with van der Waals surface area (Å²) in [6, 6.07) is 0. The van der Waals surface area contributed by atoms with Crippen molar-refractivity contribution >= 4 is 6.09 Å². The highest BCUT2D eigenvalue weighted by molar-refractivity contribution is 5.68. The van der Waals surface area contributed by atoms with Gasteiger partial charge in [-0.3, -0.25) is 5.43 Å². The molecule has 4 nitrogen and oxygen atoms in total. The summed E-state index contributed by atoms with van der Waals surface area (Å²) in [4.78, 5) is 10.9. The molecule has 0 aromatic heterocycles.